The Morgan fingerprint density at radius 2 is 1.67 bits per heavy atom. The van der Waals surface area contributed by atoms with E-state index in [2.05, 4.69) is 5.32 Å². The lowest BCUT2D eigenvalue weighted by atomic mass is 10.1. The van der Waals surface area contributed by atoms with Crippen molar-refractivity contribution in [1.82, 2.24) is 9.78 Å². The van der Waals surface area contributed by atoms with Gasteiger partial charge in [0.15, 0.2) is 11.6 Å². The van der Waals surface area contributed by atoms with Crippen molar-refractivity contribution in [3.8, 4) is 17.3 Å². The Kier molecular flexibility index (Phi) is 6.78. The fourth-order valence-electron chi connectivity index (χ4n) is 3.49. The molecule has 0 aliphatic rings. The number of para-hydroxylation sites is 2. The van der Waals surface area contributed by atoms with E-state index >= 15 is 0 Å². The van der Waals surface area contributed by atoms with Crippen LogP contribution in [0, 0.1) is 11.6 Å². The largest absolute Gasteiger partial charge is 0.436 e. The van der Waals surface area contributed by atoms with Crippen LogP contribution in [0.1, 0.15) is 24.6 Å². The Hall–Kier alpha value is -4.00. The molecule has 0 aliphatic carbocycles. The van der Waals surface area contributed by atoms with Crippen LogP contribution in [-0.2, 0) is 17.6 Å². The number of nitrogens with zero attached hydrogens (tertiary/aromatic N) is 2. The Balaban J connectivity index is 1.64. The average Bonchev–Trinajstić information content (AvgIpc) is 3.18. The van der Waals surface area contributed by atoms with E-state index in [4.69, 9.17) is 9.84 Å². The van der Waals surface area contributed by atoms with Gasteiger partial charge in [0.25, 0.3) is 0 Å². The van der Waals surface area contributed by atoms with Gasteiger partial charge in [0.2, 0.25) is 11.8 Å². The number of hydrogen-bond acceptors (Lipinski definition) is 3. The molecule has 0 atom stereocenters. The van der Waals surface area contributed by atoms with Crippen molar-refractivity contribution in [2.75, 3.05) is 5.32 Å². The van der Waals surface area contributed by atoms with Gasteiger partial charge in [-0.3, -0.25) is 4.79 Å². The predicted molar refractivity (Wildman–Crippen MR) is 123 cm³/mol. The van der Waals surface area contributed by atoms with Crippen LogP contribution < -0.4 is 10.1 Å². The Labute approximate surface area is 190 Å². The molecule has 3 aromatic carbocycles. The summed E-state index contributed by atoms with van der Waals surface area (Å²) < 4.78 is 35.1. The number of anilines is 1. The number of rotatable bonds is 8. The summed E-state index contributed by atoms with van der Waals surface area (Å²) in [7, 11) is 0. The molecule has 1 aromatic heterocycles. The quantitative estimate of drug-likeness (QED) is 0.356. The highest BCUT2D eigenvalue weighted by Crippen LogP contribution is 2.33. The first kappa shape index (κ1) is 22.2. The number of benzene rings is 3. The lowest BCUT2D eigenvalue weighted by molar-refractivity contribution is -0.116. The minimum Gasteiger partial charge on any atom is -0.436 e. The fourth-order valence-corrected chi connectivity index (χ4v) is 3.49. The summed E-state index contributed by atoms with van der Waals surface area (Å²) in [6.07, 6.45) is 1.10. The first-order valence-corrected chi connectivity index (χ1v) is 10.7. The summed E-state index contributed by atoms with van der Waals surface area (Å²) in [6.45, 7) is 1.96. The first-order chi connectivity index (χ1) is 16.0. The van der Waals surface area contributed by atoms with Crippen LogP contribution in [-0.4, -0.2) is 15.7 Å². The second kappa shape index (κ2) is 10.1. The Morgan fingerprint density at radius 3 is 2.36 bits per heavy atom. The molecule has 0 radical (unpaired) electrons. The molecule has 0 aliphatic heterocycles. The lowest BCUT2D eigenvalue weighted by Gasteiger charge is -2.12. The predicted octanol–water partition coefficient (Wildman–Crippen LogP) is 6.08. The summed E-state index contributed by atoms with van der Waals surface area (Å²) in [5, 5.41) is 7.45. The second-order valence-electron chi connectivity index (χ2n) is 7.42. The Morgan fingerprint density at radius 1 is 0.970 bits per heavy atom. The first-order valence-electron chi connectivity index (χ1n) is 10.7. The summed E-state index contributed by atoms with van der Waals surface area (Å²) in [5.74, 6) is -0.639. The number of amides is 1. The van der Waals surface area contributed by atoms with Crippen molar-refractivity contribution in [1.29, 1.82) is 0 Å². The minimum atomic E-state index is -0.489. The highest BCUT2D eigenvalue weighted by molar-refractivity contribution is 5.90. The SMILES string of the molecule is CCc1nn(-c2ccccc2)c(Oc2ccccc2F)c1CCC(=O)Nc1ccc(F)cc1. The van der Waals surface area contributed by atoms with Gasteiger partial charge in [0.1, 0.15) is 5.82 Å². The molecule has 7 heteroatoms. The molecular formula is C26H23F2N3O2. The molecule has 168 valence electrons. The second-order valence-corrected chi connectivity index (χ2v) is 7.42. The highest BCUT2D eigenvalue weighted by Gasteiger charge is 2.22. The van der Waals surface area contributed by atoms with Gasteiger partial charge in [0, 0.05) is 17.7 Å². The number of carbonyl (C=O) groups excluding carboxylic acids is 1. The van der Waals surface area contributed by atoms with Gasteiger partial charge in [-0.25, -0.2) is 13.5 Å². The van der Waals surface area contributed by atoms with Crippen LogP contribution in [0.3, 0.4) is 0 Å². The molecule has 1 amide bonds. The zero-order valence-electron chi connectivity index (χ0n) is 18.1. The minimum absolute atomic E-state index is 0.0780. The van der Waals surface area contributed by atoms with Crippen LogP contribution in [0.4, 0.5) is 14.5 Å². The zero-order chi connectivity index (χ0) is 23.2. The number of aromatic nitrogens is 2. The molecule has 0 fully saturated rings. The zero-order valence-corrected chi connectivity index (χ0v) is 18.1. The summed E-state index contributed by atoms with van der Waals surface area (Å²) in [5.41, 5.74) is 2.78. The van der Waals surface area contributed by atoms with Crippen molar-refractivity contribution in [3.05, 3.63) is 102 Å². The van der Waals surface area contributed by atoms with Crippen LogP contribution in [0.2, 0.25) is 0 Å². The lowest BCUT2D eigenvalue weighted by Crippen LogP contribution is -2.13. The monoisotopic (exact) mass is 447 g/mol. The maximum Gasteiger partial charge on any atom is 0.226 e. The number of halogens is 2. The van der Waals surface area contributed by atoms with Crippen LogP contribution >= 0.6 is 0 Å². The van der Waals surface area contributed by atoms with Crippen molar-refractivity contribution in [3.63, 3.8) is 0 Å². The molecule has 5 nitrogen and oxygen atoms in total. The van der Waals surface area contributed by atoms with Crippen LogP contribution in [0.25, 0.3) is 5.69 Å². The van der Waals surface area contributed by atoms with E-state index in [9.17, 15) is 13.6 Å². The molecule has 1 heterocycles. The third-order valence-corrected chi connectivity index (χ3v) is 5.13. The van der Waals surface area contributed by atoms with Crippen molar-refractivity contribution in [2.45, 2.75) is 26.2 Å². The van der Waals surface area contributed by atoms with Crippen LogP contribution in [0.15, 0.2) is 78.9 Å². The molecule has 33 heavy (non-hydrogen) atoms. The van der Waals surface area contributed by atoms with Crippen molar-refractivity contribution >= 4 is 11.6 Å². The summed E-state index contributed by atoms with van der Waals surface area (Å²) >= 11 is 0. The number of hydrogen-bond donors (Lipinski definition) is 1. The third kappa shape index (κ3) is 5.26. The molecule has 0 bridgehead atoms. The molecule has 0 saturated carbocycles. The van der Waals surface area contributed by atoms with Gasteiger partial charge >= 0.3 is 0 Å². The van der Waals surface area contributed by atoms with E-state index in [0.717, 1.165) is 16.9 Å². The normalized spacial score (nSPS) is 10.8. The van der Waals surface area contributed by atoms with Gasteiger partial charge in [-0.15, -0.1) is 0 Å². The van der Waals surface area contributed by atoms with Crippen molar-refractivity contribution in [2.24, 2.45) is 0 Å². The standard InChI is InChI=1S/C26H23F2N3O2/c1-2-23-21(16-17-25(32)29-19-14-12-18(27)13-15-19)26(33-24-11-7-6-10-22(24)28)31(30-23)20-8-4-3-5-9-20/h3-15H,2,16-17H2,1H3,(H,29,32). The fraction of sp³-hybridized carbons (Fsp3) is 0.154. The van der Waals surface area contributed by atoms with E-state index in [0.29, 0.717) is 24.4 Å². The maximum atomic E-state index is 14.4. The summed E-state index contributed by atoms with van der Waals surface area (Å²) in [4.78, 5) is 12.5. The van der Waals surface area contributed by atoms with Gasteiger partial charge in [-0.2, -0.15) is 5.10 Å². The molecule has 0 saturated heterocycles. The molecule has 1 N–H and O–H groups in total. The van der Waals surface area contributed by atoms with Gasteiger partial charge in [-0.05, 0) is 61.4 Å². The van der Waals surface area contributed by atoms with Crippen LogP contribution in [0.5, 0.6) is 11.6 Å². The molecule has 4 aromatic rings. The van der Waals surface area contributed by atoms with Gasteiger partial charge in [0.05, 0.1) is 11.4 Å². The van der Waals surface area contributed by atoms with E-state index in [1.165, 1.54) is 30.3 Å². The van der Waals surface area contributed by atoms with Crippen molar-refractivity contribution < 1.29 is 18.3 Å². The maximum absolute atomic E-state index is 14.4. The number of aryl methyl sites for hydroxylation is 1. The van der Waals surface area contributed by atoms with E-state index < -0.39 is 5.82 Å². The number of ether oxygens (including phenoxy) is 1. The number of nitrogens with one attached hydrogen (secondary N) is 1. The highest BCUT2D eigenvalue weighted by atomic mass is 19.1. The summed E-state index contributed by atoms with van der Waals surface area (Å²) in [6, 6.07) is 21.2. The Bertz CT molecular complexity index is 1240. The smallest absolute Gasteiger partial charge is 0.226 e. The molecule has 0 spiro atoms. The van der Waals surface area contributed by atoms with E-state index in [1.54, 1.807) is 22.9 Å². The molecule has 4 rings (SSSR count). The average molecular weight is 447 g/mol. The van der Waals surface area contributed by atoms with Gasteiger partial charge < -0.3 is 10.1 Å². The van der Waals surface area contributed by atoms with E-state index in [-0.39, 0.29) is 23.9 Å². The van der Waals surface area contributed by atoms with E-state index in [1.807, 2.05) is 37.3 Å². The molecule has 0 unspecified atom stereocenters. The topological polar surface area (TPSA) is 56.2 Å². The van der Waals surface area contributed by atoms with Gasteiger partial charge in [-0.1, -0.05) is 37.3 Å². The number of carbonyl (C=O) groups is 1. The molecular weight excluding hydrogens is 424 g/mol. The third-order valence-electron chi connectivity index (χ3n) is 5.13.